The van der Waals surface area contributed by atoms with Crippen molar-refractivity contribution in [1.29, 1.82) is 0 Å². The molecule has 3 amide bonds. The summed E-state index contributed by atoms with van der Waals surface area (Å²) in [6.07, 6.45) is 0. The fourth-order valence-electron chi connectivity index (χ4n) is 2.62. The molecule has 6 nitrogen and oxygen atoms in total. The van der Waals surface area contributed by atoms with Crippen LogP contribution in [0, 0.1) is 0 Å². The molecule has 0 bridgehead atoms. The van der Waals surface area contributed by atoms with Gasteiger partial charge in [0.1, 0.15) is 5.75 Å². The van der Waals surface area contributed by atoms with Crippen molar-refractivity contribution in [3.8, 4) is 5.75 Å². The van der Waals surface area contributed by atoms with Crippen LogP contribution in [0.15, 0.2) is 22.7 Å². The largest absolute Gasteiger partial charge is 0.507 e. The molecule has 0 radical (unpaired) electrons. The van der Waals surface area contributed by atoms with Crippen molar-refractivity contribution in [2.24, 2.45) is 0 Å². The molecule has 0 aliphatic carbocycles. The third-order valence-electron chi connectivity index (χ3n) is 3.71. The average molecular weight is 340 g/mol. The summed E-state index contributed by atoms with van der Waals surface area (Å²) in [5.74, 6) is -0.0704. The number of fused-ring (bicyclic) bond motifs is 1. The molecule has 20 heavy (non-hydrogen) atoms. The van der Waals surface area contributed by atoms with E-state index in [1.54, 1.807) is 21.9 Å². The molecule has 1 aromatic carbocycles. The van der Waals surface area contributed by atoms with E-state index in [1.807, 2.05) is 0 Å². The smallest absolute Gasteiger partial charge is 0.317 e. The molecular formula is C13H14BrN3O3. The van der Waals surface area contributed by atoms with Gasteiger partial charge in [0, 0.05) is 31.7 Å². The maximum atomic E-state index is 12.4. The molecule has 2 heterocycles. The Morgan fingerprint density at radius 1 is 1.40 bits per heavy atom. The van der Waals surface area contributed by atoms with Gasteiger partial charge in [0.15, 0.2) is 0 Å². The summed E-state index contributed by atoms with van der Waals surface area (Å²) >= 11 is 3.19. The highest BCUT2D eigenvalue weighted by molar-refractivity contribution is 9.10. The van der Waals surface area contributed by atoms with Crippen LogP contribution in [0.5, 0.6) is 5.75 Å². The minimum Gasteiger partial charge on any atom is -0.507 e. The lowest BCUT2D eigenvalue weighted by Crippen LogP contribution is -2.53. The van der Waals surface area contributed by atoms with Gasteiger partial charge in [-0.3, -0.25) is 4.79 Å². The molecule has 106 valence electrons. The van der Waals surface area contributed by atoms with Gasteiger partial charge in [0.05, 0.1) is 10.5 Å². The number of carbonyl (C=O) groups excluding carboxylic acids is 2. The number of amides is 3. The van der Waals surface area contributed by atoms with Gasteiger partial charge in [-0.2, -0.15) is 0 Å². The first-order valence-corrected chi connectivity index (χ1v) is 7.18. The number of halogens is 1. The van der Waals surface area contributed by atoms with Crippen LogP contribution in [-0.4, -0.2) is 59.1 Å². The van der Waals surface area contributed by atoms with Crippen LogP contribution >= 0.6 is 15.9 Å². The summed E-state index contributed by atoms with van der Waals surface area (Å²) in [7, 11) is 0. The highest BCUT2D eigenvalue weighted by Gasteiger charge is 2.37. The first-order valence-electron chi connectivity index (χ1n) is 6.38. The van der Waals surface area contributed by atoms with Crippen LogP contribution < -0.4 is 5.32 Å². The molecule has 0 saturated carbocycles. The van der Waals surface area contributed by atoms with Gasteiger partial charge in [-0.15, -0.1) is 0 Å². The first-order chi connectivity index (χ1) is 9.56. The zero-order valence-electron chi connectivity index (χ0n) is 10.7. The quantitative estimate of drug-likeness (QED) is 0.801. The highest BCUT2D eigenvalue weighted by atomic mass is 79.9. The van der Waals surface area contributed by atoms with Gasteiger partial charge < -0.3 is 20.2 Å². The molecule has 2 aliphatic heterocycles. The zero-order chi connectivity index (χ0) is 14.3. The number of urea groups is 1. The Morgan fingerprint density at radius 3 is 2.95 bits per heavy atom. The van der Waals surface area contributed by atoms with Crippen molar-refractivity contribution in [2.45, 2.75) is 6.04 Å². The second kappa shape index (κ2) is 4.97. The Hall–Kier alpha value is -1.76. The summed E-state index contributed by atoms with van der Waals surface area (Å²) < 4.78 is 0.560. The molecule has 1 atom stereocenters. The summed E-state index contributed by atoms with van der Waals surface area (Å²) in [5, 5.41) is 12.4. The van der Waals surface area contributed by atoms with Crippen LogP contribution in [-0.2, 0) is 0 Å². The highest BCUT2D eigenvalue weighted by Crippen LogP contribution is 2.25. The molecular weight excluding hydrogens is 326 g/mol. The van der Waals surface area contributed by atoms with Crippen molar-refractivity contribution in [3.05, 3.63) is 28.2 Å². The van der Waals surface area contributed by atoms with E-state index in [0.717, 1.165) is 0 Å². The number of nitrogens with zero attached hydrogens (tertiary/aromatic N) is 2. The number of benzene rings is 1. The molecule has 2 N–H and O–H groups in total. The second-order valence-corrected chi connectivity index (χ2v) is 5.80. The van der Waals surface area contributed by atoms with Crippen LogP contribution in [0.2, 0.25) is 0 Å². The number of piperazine rings is 1. The van der Waals surface area contributed by atoms with E-state index in [9.17, 15) is 14.7 Å². The van der Waals surface area contributed by atoms with Gasteiger partial charge in [0.2, 0.25) is 0 Å². The molecule has 1 unspecified atom stereocenters. The number of phenols is 1. The number of nitrogens with one attached hydrogen (secondary N) is 1. The first kappa shape index (κ1) is 13.2. The summed E-state index contributed by atoms with van der Waals surface area (Å²) in [6, 6.07) is 4.78. The molecule has 3 rings (SSSR count). The van der Waals surface area contributed by atoms with Crippen molar-refractivity contribution in [2.75, 3.05) is 26.2 Å². The van der Waals surface area contributed by atoms with E-state index in [0.29, 0.717) is 36.2 Å². The van der Waals surface area contributed by atoms with Gasteiger partial charge >= 0.3 is 6.03 Å². The van der Waals surface area contributed by atoms with Crippen molar-refractivity contribution < 1.29 is 14.7 Å². The standard InChI is InChI=1S/C13H14BrN3O3/c14-10-2-1-8(5-11(10)18)12(19)16-3-4-17-9(7-16)6-15-13(17)20/h1-2,5,9,18H,3-4,6-7H2,(H,15,20). The lowest BCUT2D eigenvalue weighted by Gasteiger charge is -2.36. The van der Waals surface area contributed by atoms with E-state index >= 15 is 0 Å². The van der Waals surface area contributed by atoms with Gasteiger partial charge in [-0.05, 0) is 34.1 Å². The van der Waals surface area contributed by atoms with Crippen molar-refractivity contribution in [3.63, 3.8) is 0 Å². The summed E-state index contributed by atoms with van der Waals surface area (Å²) in [5.41, 5.74) is 0.455. The van der Waals surface area contributed by atoms with Gasteiger partial charge in [0.25, 0.3) is 5.91 Å². The van der Waals surface area contributed by atoms with E-state index in [2.05, 4.69) is 21.2 Å². The Balaban J connectivity index is 1.75. The van der Waals surface area contributed by atoms with Crippen LogP contribution in [0.4, 0.5) is 4.79 Å². The third kappa shape index (κ3) is 2.22. The molecule has 1 aromatic rings. The van der Waals surface area contributed by atoms with E-state index in [-0.39, 0.29) is 23.7 Å². The Morgan fingerprint density at radius 2 is 2.20 bits per heavy atom. The summed E-state index contributed by atoms with van der Waals surface area (Å²) in [4.78, 5) is 27.4. The minimum atomic E-state index is -0.119. The van der Waals surface area contributed by atoms with Crippen LogP contribution in [0.1, 0.15) is 10.4 Å². The van der Waals surface area contributed by atoms with E-state index in [1.165, 1.54) is 6.07 Å². The number of hydrogen-bond donors (Lipinski definition) is 2. The zero-order valence-corrected chi connectivity index (χ0v) is 12.3. The molecule has 0 spiro atoms. The van der Waals surface area contributed by atoms with Crippen LogP contribution in [0.3, 0.4) is 0 Å². The van der Waals surface area contributed by atoms with Crippen molar-refractivity contribution in [1.82, 2.24) is 15.1 Å². The predicted octanol–water partition coefficient (Wildman–Crippen LogP) is 1.00. The topological polar surface area (TPSA) is 72.9 Å². The summed E-state index contributed by atoms with van der Waals surface area (Å²) in [6.45, 7) is 2.16. The number of carbonyl (C=O) groups is 2. The number of aromatic hydroxyl groups is 1. The lowest BCUT2D eigenvalue weighted by atomic mass is 10.1. The Kier molecular flexibility index (Phi) is 3.29. The average Bonchev–Trinajstić information content (AvgIpc) is 2.82. The van der Waals surface area contributed by atoms with E-state index in [4.69, 9.17) is 0 Å². The van der Waals surface area contributed by atoms with Crippen LogP contribution in [0.25, 0.3) is 0 Å². The van der Waals surface area contributed by atoms with Gasteiger partial charge in [-0.1, -0.05) is 0 Å². The Bertz CT molecular complexity index is 578. The predicted molar refractivity (Wildman–Crippen MR) is 75.6 cm³/mol. The normalized spacial score (nSPS) is 21.6. The molecule has 0 aromatic heterocycles. The van der Waals surface area contributed by atoms with E-state index < -0.39 is 0 Å². The lowest BCUT2D eigenvalue weighted by molar-refractivity contribution is 0.0616. The number of hydrogen-bond acceptors (Lipinski definition) is 3. The maximum absolute atomic E-state index is 12.4. The second-order valence-electron chi connectivity index (χ2n) is 4.95. The SMILES string of the molecule is O=C(c1ccc(Br)c(O)c1)N1CCN2C(=O)NCC2C1. The number of phenolic OH excluding ortho intramolecular Hbond substituents is 1. The molecule has 7 heteroatoms. The number of rotatable bonds is 1. The third-order valence-corrected chi connectivity index (χ3v) is 4.38. The molecule has 2 fully saturated rings. The molecule has 2 aliphatic rings. The fraction of sp³-hybridized carbons (Fsp3) is 0.385. The minimum absolute atomic E-state index is 0.0456. The molecule has 2 saturated heterocycles. The maximum Gasteiger partial charge on any atom is 0.317 e. The van der Waals surface area contributed by atoms with Gasteiger partial charge in [-0.25, -0.2) is 4.79 Å². The van der Waals surface area contributed by atoms with Crippen molar-refractivity contribution >= 4 is 27.9 Å². The Labute approximate surface area is 124 Å². The fourth-order valence-corrected chi connectivity index (χ4v) is 2.86. The monoisotopic (exact) mass is 339 g/mol.